The molecule has 0 radical (unpaired) electrons. The summed E-state index contributed by atoms with van der Waals surface area (Å²) in [7, 11) is 3.08. The Hall–Kier alpha value is -4.66. The molecule has 1 unspecified atom stereocenters. The summed E-state index contributed by atoms with van der Waals surface area (Å²) in [6.07, 6.45) is 0. The van der Waals surface area contributed by atoms with E-state index in [9.17, 15) is 9.18 Å². The van der Waals surface area contributed by atoms with E-state index in [1.165, 1.54) is 31.3 Å². The molecule has 3 aromatic carbocycles. The first-order valence-electron chi connectivity index (χ1n) is 11.2. The van der Waals surface area contributed by atoms with Gasteiger partial charge >= 0.3 is 6.03 Å². The molecule has 2 amide bonds. The number of carbonyl (C=O) groups excluding carboxylic acids is 1. The highest BCUT2D eigenvalue weighted by Gasteiger charge is 2.37. The molecule has 8 nitrogen and oxygen atoms in total. The number of halogens is 1. The molecule has 0 fully saturated rings. The number of carbonyl (C=O) groups is 1. The summed E-state index contributed by atoms with van der Waals surface area (Å²) in [6, 6.07) is 19.5. The van der Waals surface area contributed by atoms with Gasteiger partial charge in [-0.15, -0.1) is 0 Å². The molecule has 2 heterocycles. The summed E-state index contributed by atoms with van der Waals surface area (Å²) >= 11 is 0. The molecule has 182 valence electrons. The topological polar surface area (TPSA) is 89.7 Å². The van der Waals surface area contributed by atoms with Gasteiger partial charge in [0.1, 0.15) is 17.3 Å². The van der Waals surface area contributed by atoms with Gasteiger partial charge in [-0.25, -0.2) is 9.18 Å². The number of amides is 2. The van der Waals surface area contributed by atoms with E-state index in [0.717, 1.165) is 5.56 Å². The van der Waals surface area contributed by atoms with Crippen molar-refractivity contribution >= 4 is 17.3 Å². The molecule has 0 saturated carbocycles. The van der Waals surface area contributed by atoms with E-state index in [1.807, 2.05) is 30.3 Å². The fraction of sp³-hybridized carbons (Fsp3) is 0.148. The van der Waals surface area contributed by atoms with E-state index < -0.39 is 6.04 Å². The number of hydrogen-bond donors (Lipinski definition) is 1. The number of rotatable bonds is 6. The Morgan fingerprint density at radius 2 is 1.64 bits per heavy atom. The summed E-state index contributed by atoms with van der Waals surface area (Å²) in [4.78, 5) is 19.5. The van der Waals surface area contributed by atoms with E-state index >= 15 is 0 Å². The zero-order chi connectivity index (χ0) is 25.2. The van der Waals surface area contributed by atoms with E-state index in [1.54, 1.807) is 37.3 Å². The minimum atomic E-state index is -0.647. The van der Waals surface area contributed by atoms with Crippen LogP contribution in [0.4, 0.5) is 14.9 Å². The highest BCUT2D eigenvalue weighted by Crippen LogP contribution is 2.40. The number of aromatic nitrogens is 2. The monoisotopic (exact) mass is 486 g/mol. The van der Waals surface area contributed by atoms with Crippen molar-refractivity contribution in [1.29, 1.82) is 0 Å². The second-order valence-corrected chi connectivity index (χ2v) is 8.13. The quantitative estimate of drug-likeness (QED) is 0.382. The van der Waals surface area contributed by atoms with Crippen LogP contribution in [-0.2, 0) is 0 Å². The third kappa shape index (κ3) is 4.26. The van der Waals surface area contributed by atoms with Crippen molar-refractivity contribution in [2.45, 2.75) is 13.0 Å². The number of benzene rings is 3. The number of allylic oxidation sites excluding steroid dienone is 1. The van der Waals surface area contributed by atoms with Gasteiger partial charge in [-0.2, -0.15) is 4.98 Å². The van der Waals surface area contributed by atoms with Crippen molar-refractivity contribution in [3.05, 3.63) is 95.8 Å². The maximum Gasteiger partial charge on any atom is 0.327 e. The van der Waals surface area contributed by atoms with Crippen LogP contribution in [0.2, 0.25) is 0 Å². The molecule has 1 aromatic heterocycles. The molecule has 0 spiro atoms. The number of anilines is 1. The van der Waals surface area contributed by atoms with E-state index in [-0.39, 0.29) is 17.7 Å². The maximum atomic E-state index is 13.7. The first-order chi connectivity index (χ1) is 17.5. The van der Waals surface area contributed by atoms with Crippen LogP contribution in [0, 0.1) is 5.82 Å². The Labute approximate surface area is 207 Å². The van der Waals surface area contributed by atoms with Crippen molar-refractivity contribution in [2.75, 3.05) is 19.1 Å². The van der Waals surface area contributed by atoms with Gasteiger partial charge in [-0.3, -0.25) is 4.90 Å². The second kappa shape index (κ2) is 9.53. The smallest absolute Gasteiger partial charge is 0.327 e. The average molecular weight is 487 g/mol. The van der Waals surface area contributed by atoms with Crippen molar-refractivity contribution in [3.8, 4) is 22.9 Å². The van der Waals surface area contributed by atoms with Crippen LogP contribution in [-0.4, -0.2) is 30.4 Å². The molecule has 5 rings (SSSR count). The van der Waals surface area contributed by atoms with Gasteiger partial charge < -0.3 is 19.3 Å². The summed E-state index contributed by atoms with van der Waals surface area (Å²) in [6.45, 7) is 1.79. The van der Waals surface area contributed by atoms with Crippen LogP contribution >= 0.6 is 0 Å². The fourth-order valence-corrected chi connectivity index (χ4v) is 4.20. The van der Waals surface area contributed by atoms with Crippen LogP contribution in [0.15, 0.2) is 83.0 Å². The highest BCUT2D eigenvalue weighted by atomic mass is 19.1. The lowest BCUT2D eigenvalue weighted by Crippen LogP contribution is -2.46. The number of nitrogens with one attached hydrogen (secondary N) is 1. The lowest BCUT2D eigenvalue weighted by atomic mass is 9.94. The lowest BCUT2D eigenvalue weighted by Gasteiger charge is -2.35. The summed E-state index contributed by atoms with van der Waals surface area (Å²) in [5, 5.41) is 7.16. The molecule has 9 heteroatoms. The molecular formula is C27H23FN4O4. The zero-order valence-electron chi connectivity index (χ0n) is 19.9. The number of urea groups is 1. The first kappa shape index (κ1) is 23.1. The molecule has 36 heavy (non-hydrogen) atoms. The third-order valence-corrected chi connectivity index (χ3v) is 5.97. The Morgan fingerprint density at radius 1 is 0.972 bits per heavy atom. The predicted molar refractivity (Wildman–Crippen MR) is 132 cm³/mol. The fourth-order valence-electron chi connectivity index (χ4n) is 4.20. The molecule has 1 atom stereocenters. The maximum absolute atomic E-state index is 13.7. The Morgan fingerprint density at radius 3 is 2.28 bits per heavy atom. The molecular weight excluding hydrogens is 463 g/mol. The molecule has 1 N–H and O–H groups in total. The van der Waals surface area contributed by atoms with Gasteiger partial charge in [0, 0.05) is 29.5 Å². The lowest BCUT2D eigenvalue weighted by molar-refractivity contribution is 0.244. The minimum Gasteiger partial charge on any atom is -0.497 e. The molecule has 1 aliphatic heterocycles. The largest absolute Gasteiger partial charge is 0.497 e. The van der Waals surface area contributed by atoms with E-state index in [4.69, 9.17) is 14.0 Å². The van der Waals surface area contributed by atoms with Crippen molar-refractivity contribution in [2.24, 2.45) is 0 Å². The molecule has 0 aliphatic carbocycles. The van der Waals surface area contributed by atoms with Crippen LogP contribution in [0.5, 0.6) is 11.5 Å². The van der Waals surface area contributed by atoms with Gasteiger partial charge in [0.2, 0.25) is 5.82 Å². The highest BCUT2D eigenvalue weighted by molar-refractivity contribution is 6.01. The third-order valence-electron chi connectivity index (χ3n) is 5.97. The number of ether oxygens (including phenoxy) is 2. The van der Waals surface area contributed by atoms with Crippen molar-refractivity contribution in [3.63, 3.8) is 0 Å². The van der Waals surface area contributed by atoms with E-state index in [0.29, 0.717) is 39.8 Å². The average Bonchev–Trinajstić information content (AvgIpc) is 3.39. The summed E-state index contributed by atoms with van der Waals surface area (Å²) in [5.41, 5.74) is 3.13. The van der Waals surface area contributed by atoms with Crippen molar-refractivity contribution in [1.82, 2.24) is 15.5 Å². The standard InChI is InChI=1S/C27H23FN4O4/c1-16-23(26-30-25(31-36-26)18-7-5-4-6-8-18)24(17-9-11-19(28)12-10-17)29-27(33)32(16)20-13-21(34-2)15-22(14-20)35-3/h4-15,24H,1-3H3,(H,29,33). The molecule has 1 aliphatic rings. The Balaban J connectivity index is 1.67. The first-order valence-corrected chi connectivity index (χ1v) is 11.2. The van der Waals surface area contributed by atoms with Gasteiger partial charge in [-0.1, -0.05) is 47.6 Å². The Bertz CT molecular complexity index is 1410. The van der Waals surface area contributed by atoms with Crippen molar-refractivity contribution < 1.29 is 23.2 Å². The number of nitrogens with zero attached hydrogens (tertiary/aromatic N) is 3. The molecule has 0 saturated heterocycles. The van der Waals surface area contributed by atoms with E-state index in [2.05, 4.69) is 15.5 Å². The molecule has 4 aromatic rings. The number of methoxy groups -OCH3 is 2. The van der Waals surface area contributed by atoms with Gasteiger partial charge in [0.15, 0.2) is 0 Å². The van der Waals surface area contributed by atoms with Gasteiger partial charge in [0.25, 0.3) is 5.89 Å². The van der Waals surface area contributed by atoms with Crippen LogP contribution in [0.25, 0.3) is 17.0 Å². The molecule has 0 bridgehead atoms. The minimum absolute atomic E-state index is 0.237. The summed E-state index contributed by atoms with van der Waals surface area (Å²) in [5.74, 6) is 1.32. The summed E-state index contributed by atoms with van der Waals surface area (Å²) < 4.78 is 30.2. The predicted octanol–water partition coefficient (Wildman–Crippen LogP) is 5.60. The zero-order valence-corrected chi connectivity index (χ0v) is 19.9. The van der Waals surface area contributed by atoms with Gasteiger partial charge in [0.05, 0.1) is 31.5 Å². The normalized spacial score (nSPS) is 15.6. The second-order valence-electron chi connectivity index (χ2n) is 8.13. The van der Waals surface area contributed by atoms with Gasteiger partial charge in [-0.05, 0) is 24.6 Å². The van der Waals surface area contributed by atoms with Crippen LogP contribution in [0.1, 0.15) is 24.4 Å². The van der Waals surface area contributed by atoms with Crippen LogP contribution in [0.3, 0.4) is 0 Å². The number of hydrogen-bond acceptors (Lipinski definition) is 6. The SMILES string of the molecule is COc1cc(OC)cc(N2C(=O)NC(c3ccc(F)cc3)C(c3nc(-c4ccccc4)no3)=C2C)c1. The Kier molecular flexibility index (Phi) is 6.12. The van der Waals surface area contributed by atoms with Crippen LogP contribution < -0.4 is 19.7 Å².